The number of fused-ring (bicyclic) bond motifs is 1. The standard InChI is InChI=1S/C11H9NO4/c1-5-9(11(15)16)7-3-2-6(10(13)14)4-8(7)12-5/h2-4,12H,1H3,(H,13,14)(H,15,16). The molecule has 0 atom stereocenters. The van der Waals surface area contributed by atoms with E-state index in [9.17, 15) is 9.59 Å². The molecule has 2 aromatic rings. The number of aryl methyl sites for hydroxylation is 1. The monoisotopic (exact) mass is 219 g/mol. The second-order valence-electron chi connectivity index (χ2n) is 3.50. The van der Waals surface area contributed by atoms with Crippen molar-refractivity contribution in [2.24, 2.45) is 0 Å². The van der Waals surface area contributed by atoms with Crippen LogP contribution in [0.3, 0.4) is 0 Å². The molecule has 0 bridgehead atoms. The molecule has 0 saturated heterocycles. The number of nitrogens with one attached hydrogen (secondary N) is 1. The Kier molecular flexibility index (Phi) is 2.16. The van der Waals surface area contributed by atoms with Crippen LogP contribution in [-0.4, -0.2) is 27.1 Å². The fourth-order valence-electron chi connectivity index (χ4n) is 1.74. The molecule has 0 fully saturated rings. The maximum atomic E-state index is 11.0. The van der Waals surface area contributed by atoms with Crippen LogP contribution in [0.15, 0.2) is 18.2 Å². The van der Waals surface area contributed by atoms with Crippen LogP contribution in [0.25, 0.3) is 10.9 Å². The van der Waals surface area contributed by atoms with Gasteiger partial charge in [0.05, 0.1) is 11.1 Å². The van der Waals surface area contributed by atoms with Crippen LogP contribution >= 0.6 is 0 Å². The molecule has 0 spiro atoms. The number of hydrogen-bond acceptors (Lipinski definition) is 2. The number of aromatic nitrogens is 1. The van der Waals surface area contributed by atoms with Crippen molar-refractivity contribution in [3.05, 3.63) is 35.0 Å². The fourth-order valence-corrected chi connectivity index (χ4v) is 1.74. The minimum absolute atomic E-state index is 0.130. The predicted octanol–water partition coefficient (Wildman–Crippen LogP) is 1.87. The van der Waals surface area contributed by atoms with Crippen LogP contribution in [0.2, 0.25) is 0 Å². The summed E-state index contributed by atoms with van der Waals surface area (Å²) in [6.07, 6.45) is 0. The van der Waals surface area contributed by atoms with Crippen molar-refractivity contribution in [1.82, 2.24) is 4.98 Å². The molecule has 5 heteroatoms. The molecule has 0 aliphatic rings. The lowest BCUT2D eigenvalue weighted by molar-refractivity contribution is 0.0687. The lowest BCUT2D eigenvalue weighted by Gasteiger charge is -1.95. The van der Waals surface area contributed by atoms with E-state index in [4.69, 9.17) is 10.2 Å². The molecule has 2 rings (SSSR count). The highest BCUT2D eigenvalue weighted by Crippen LogP contribution is 2.23. The minimum Gasteiger partial charge on any atom is -0.478 e. The number of carbonyl (C=O) groups is 2. The highest BCUT2D eigenvalue weighted by molar-refractivity contribution is 6.06. The van der Waals surface area contributed by atoms with Crippen LogP contribution in [0, 0.1) is 6.92 Å². The predicted molar refractivity (Wildman–Crippen MR) is 57.0 cm³/mol. The number of carboxylic acid groups (broad SMARTS) is 2. The summed E-state index contributed by atoms with van der Waals surface area (Å²) >= 11 is 0. The van der Waals surface area contributed by atoms with Crippen molar-refractivity contribution < 1.29 is 19.8 Å². The zero-order chi connectivity index (χ0) is 11.9. The quantitative estimate of drug-likeness (QED) is 0.719. The summed E-state index contributed by atoms with van der Waals surface area (Å²) in [4.78, 5) is 24.6. The molecule has 0 aliphatic carbocycles. The van der Waals surface area contributed by atoms with Gasteiger partial charge in [-0.3, -0.25) is 0 Å². The van der Waals surface area contributed by atoms with E-state index in [0.717, 1.165) is 0 Å². The summed E-state index contributed by atoms with van der Waals surface area (Å²) in [7, 11) is 0. The molecule has 0 unspecified atom stereocenters. The van der Waals surface area contributed by atoms with Crippen LogP contribution in [0.4, 0.5) is 0 Å². The Bertz CT molecular complexity index is 597. The van der Waals surface area contributed by atoms with Gasteiger partial charge in [0, 0.05) is 16.6 Å². The van der Waals surface area contributed by atoms with E-state index in [1.807, 2.05) is 0 Å². The summed E-state index contributed by atoms with van der Waals surface area (Å²) in [5, 5.41) is 18.3. The van der Waals surface area contributed by atoms with E-state index in [0.29, 0.717) is 16.6 Å². The van der Waals surface area contributed by atoms with E-state index in [2.05, 4.69) is 4.98 Å². The van der Waals surface area contributed by atoms with Crippen LogP contribution < -0.4 is 0 Å². The molecule has 3 N–H and O–H groups in total. The third kappa shape index (κ3) is 1.42. The molecular weight excluding hydrogens is 210 g/mol. The lowest BCUT2D eigenvalue weighted by Crippen LogP contribution is -1.97. The molecule has 0 amide bonds. The molecule has 16 heavy (non-hydrogen) atoms. The summed E-state index contributed by atoms with van der Waals surface area (Å²) < 4.78 is 0. The summed E-state index contributed by atoms with van der Waals surface area (Å²) in [5.74, 6) is -2.06. The Labute approximate surface area is 90.3 Å². The van der Waals surface area contributed by atoms with E-state index >= 15 is 0 Å². The van der Waals surface area contributed by atoms with Crippen molar-refractivity contribution in [2.45, 2.75) is 6.92 Å². The Hall–Kier alpha value is -2.30. The summed E-state index contributed by atoms with van der Waals surface area (Å²) in [6.45, 7) is 1.64. The van der Waals surface area contributed by atoms with Gasteiger partial charge in [0.15, 0.2) is 0 Å². The molecule has 0 saturated carbocycles. The highest BCUT2D eigenvalue weighted by Gasteiger charge is 2.15. The van der Waals surface area contributed by atoms with E-state index in [-0.39, 0.29) is 11.1 Å². The Morgan fingerprint density at radius 2 is 1.88 bits per heavy atom. The third-order valence-electron chi connectivity index (χ3n) is 2.45. The zero-order valence-electron chi connectivity index (χ0n) is 8.44. The number of H-pyrrole nitrogens is 1. The number of benzene rings is 1. The molecule has 1 aromatic carbocycles. The topological polar surface area (TPSA) is 90.4 Å². The van der Waals surface area contributed by atoms with Gasteiger partial charge in [0.1, 0.15) is 0 Å². The highest BCUT2D eigenvalue weighted by atomic mass is 16.4. The first-order valence-electron chi connectivity index (χ1n) is 4.59. The fraction of sp³-hybridized carbons (Fsp3) is 0.0909. The van der Waals surface area contributed by atoms with E-state index in [1.54, 1.807) is 6.92 Å². The van der Waals surface area contributed by atoms with Gasteiger partial charge < -0.3 is 15.2 Å². The zero-order valence-corrected chi connectivity index (χ0v) is 8.44. The third-order valence-corrected chi connectivity index (χ3v) is 2.45. The van der Waals surface area contributed by atoms with Gasteiger partial charge in [-0.25, -0.2) is 9.59 Å². The van der Waals surface area contributed by atoms with Gasteiger partial charge in [-0.1, -0.05) is 6.07 Å². The van der Waals surface area contributed by atoms with Gasteiger partial charge in [0.25, 0.3) is 0 Å². The molecule has 0 radical (unpaired) electrons. The average Bonchev–Trinajstić information content (AvgIpc) is 2.51. The second-order valence-corrected chi connectivity index (χ2v) is 3.50. The van der Waals surface area contributed by atoms with Crippen molar-refractivity contribution in [3.8, 4) is 0 Å². The van der Waals surface area contributed by atoms with Gasteiger partial charge >= 0.3 is 11.9 Å². The van der Waals surface area contributed by atoms with Crippen molar-refractivity contribution >= 4 is 22.8 Å². The van der Waals surface area contributed by atoms with Crippen LogP contribution in [-0.2, 0) is 0 Å². The smallest absolute Gasteiger partial charge is 0.338 e. The number of carboxylic acids is 2. The molecule has 1 heterocycles. The van der Waals surface area contributed by atoms with E-state index < -0.39 is 11.9 Å². The van der Waals surface area contributed by atoms with Gasteiger partial charge in [0.2, 0.25) is 0 Å². The summed E-state index contributed by atoms with van der Waals surface area (Å²) in [6, 6.07) is 4.33. The number of hydrogen-bond donors (Lipinski definition) is 3. The normalized spacial score (nSPS) is 10.6. The maximum Gasteiger partial charge on any atom is 0.338 e. The lowest BCUT2D eigenvalue weighted by atomic mass is 10.1. The summed E-state index contributed by atoms with van der Waals surface area (Å²) in [5.41, 5.74) is 1.36. The number of rotatable bonds is 2. The van der Waals surface area contributed by atoms with Gasteiger partial charge in [-0.2, -0.15) is 0 Å². The average molecular weight is 219 g/mol. The molecule has 82 valence electrons. The Morgan fingerprint density at radius 3 is 2.44 bits per heavy atom. The molecule has 1 aromatic heterocycles. The van der Waals surface area contributed by atoms with Gasteiger partial charge in [-0.05, 0) is 19.1 Å². The molecule has 0 aliphatic heterocycles. The van der Waals surface area contributed by atoms with Crippen molar-refractivity contribution in [1.29, 1.82) is 0 Å². The SMILES string of the molecule is Cc1[nH]c2cc(C(=O)O)ccc2c1C(=O)O. The van der Waals surface area contributed by atoms with E-state index in [1.165, 1.54) is 18.2 Å². The largest absolute Gasteiger partial charge is 0.478 e. The number of aromatic carboxylic acids is 2. The Morgan fingerprint density at radius 1 is 1.19 bits per heavy atom. The minimum atomic E-state index is -1.04. The first-order chi connectivity index (χ1) is 7.50. The van der Waals surface area contributed by atoms with Crippen LogP contribution in [0.1, 0.15) is 26.4 Å². The van der Waals surface area contributed by atoms with Gasteiger partial charge in [-0.15, -0.1) is 0 Å². The molecular formula is C11H9NO4. The second kappa shape index (κ2) is 3.37. The molecule has 5 nitrogen and oxygen atoms in total. The first-order valence-corrected chi connectivity index (χ1v) is 4.59. The first kappa shape index (κ1) is 10.2. The van der Waals surface area contributed by atoms with Crippen LogP contribution in [0.5, 0.6) is 0 Å². The Balaban J connectivity index is 2.75. The van der Waals surface area contributed by atoms with Crippen molar-refractivity contribution in [3.63, 3.8) is 0 Å². The van der Waals surface area contributed by atoms with Crippen molar-refractivity contribution in [2.75, 3.05) is 0 Å². The number of aromatic amines is 1. The maximum absolute atomic E-state index is 11.0.